The zero-order valence-corrected chi connectivity index (χ0v) is 15.4. The number of hydrogen-bond donors (Lipinski definition) is 1. The van der Waals surface area contributed by atoms with E-state index >= 15 is 0 Å². The molecule has 1 N–H and O–H groups in total. The van der Waals surface area contributed by atoms with E-state index in [9.17, 15) is 13.2 Å². The predicted molar refractivity (Wildman–Crippen MR) is 90.9 cm³/mol. The fourth-order valence-corrected chi connectivity index (χ4v) is 3.85. The van der Waals surface area contributed by atoms with Gasteiger partial charge in [-0.3, -0.25) is 4.55 Å². The molecule has 0 radical (unpaired) electrons. The first kappa shape index (κ1) is 18.2. The molecule has 2 saturated heterocycles. The zero-order valence-electron chi connectivity index (χ0n) is 13.9. The lowest BCUT2D eigenvalue weighted by atomic mass is 10.0. The molecule has 2 aromatic rings. The van der Waals surface area contributed by atoms with Gasteiger partial charge in [0.25, 0.3) is 0 Å². The maximum absolute atomic E-state index is 12.4. The number of hydroxylamine groups is 2. The number of nitrogens with zero attached hydrogens (tertiary/aromatic N) is 4. The van der Waals surface area contributed by atoms with Gasteiger partial charge in [-0.05, 0) is 30.5 Å². The predicted octanol–water partition coefficient (Wildman–Crippen LogP) is 1.99. The Morgan fingerprint density at radius 2 is 2.00 bits per heavy atom. The number of urea groups is 1. The van der Waals surface area contributed by atoms with Crippen LogP contribution in [-0.4, -0.2) is 51.7 Å². The number of amides is 2. The normalized spacial score (nSPS) is 22.5. The van der Waals surface area contributed by atoms with Crippen LogP contribution >= 0.6 is 11.6 Å². The highest BCUT2D eigenvalue weighted by Gasteiger charge is 2.49. The quantitative estimate of drug-likeness (QED) is 0.736. The largest absolute Gasteiger partial charge is 0.423 e. The molecular weight excluding hydrogens is 400 g/mol. The van der Waals surface area contributed by atoms with E-state index in [1.807, 2.05) is 12.1 Å². The van der Waals surface area contributed by atoms with E-state index in [0.717, 1.165) is 5.56 Å². The van der Waals surface area contributed by atoms with Gasteiger partial charge < -0.3 is 9.32 Å². The van der Waals surface area contributed by atoms with Gasteiger partial charge in [0.15, 0.2) is 0 Å². The summed E-state index contributed by atoms with van der Waals surface area (Å²) < 4.78 is 40.8. The summed E-state index contributed by atoms with van der Waals surface area (Å²) in [6, 6.07) is 5.63. The average Bonchev–Trinajstić information content (AvgIpc) is 3.16. The smallest absolute Gasteiger partial charge is 0.418 e. The molecule has 2 fully saturated rings. The van der Waals surface area contributed by atoms with Gasteiger partial charge in [0.2, 0.25) is 11.8 Å². The maximum atomic E-state index is 12.4. The minimum atomic E-state index is -4.78. The third kappa shape index (κ3) is 3.76. The van der Waals surface area contributed by atoms with Gasteiger partial charge in [0, 0.05) is 11.6 Å². The molecule has 3 heterocycles. The van der Waals surface area contributed by atoms with Crippen LogP contribution < -0.4 is 0 Å². The number of aromatic nitrogens is 2. The summed E-state index contributed by atoms with van der Waals surface area (Å²) >= 11 is 5.87. The lowest BCUT2D eigenvalue weighted by Crippen LogP contribution is -2.35. The summed E-state index contributed by atoms with van der Waals surface area (Å²) in [6.45, 7) is 0.244. The minimum absolute atomic E-state index is 0.244. The molecule has 0 unspecified atom stereocenters. The van der Waals surface area contributed by atoms with Crippen molar-refractivity contribution in [3.8, 4) is 0 Å². The molecule has 1 aromatic heterocycles. The Morgan fingerprint density at radius 1 is 1.26 bits per heavy atom. The van der Waals surface area contributed by atoms with Crippen LogP contribution in [0.5, 0.6) is 0 Å². The lowest BCUT2D eigenvalue weighted by Gasteiger charge is -2.27. The summed E-state index contributed by atoms with van der Waals surface area (Å²) in [5, 5.41) is 9.38. The molecule has 1 aromatic carbocycles. The summed E-state index contributed by atoms with van der Waals surface area (Å²) in [7, 11) is -4.78. The van der Waals surface area contributed by atoms with Crippen LogP contribution in [-0.2, 0) is 21.1 Å². The Morgan fingerprint density at radius 3 is 2.70 bits per heavy atom. The number of carbonyl (C=O) groups excluding carboxylic acids is 1. The van der Waals surface area contributed by atoms with Crippen molar-refractivity contribution in [1.82, 2.24) is 20.2 Å². The summed E-state index contributed by atoms with van der Waals surface area (Å²) in [5.41, 5.74) is 0.947. The van der Waals surface area contributed by atoms with E-state index in [0.29, 0.717) is 35.2 Å². The third-order valence-corrected chi connectivity index (χ3v) is 5.13. The van der Waals surface area contributed by atoms with Crippen molar-refractivity contribution in [3.63, 3.8) is 0 Å². The monoisotopic (exact) mass is 414 g/mol. The number of benzene rings is 1. The molecule has 4 rings (SSSR count). The fourth-order valence-electron chi connectivity index (χ4n) is 3.34. The second-order valence-corrected chi connectivity index (χ2v) is 7.79. The van der Waals surface area contributed by atoms with Gasteiger partial charge >= 0.3 is 16.4 Å². The number of carbonyl (C=O) groups is 1. The van der Waals surface area contributed by atoms with Crippen LogP contribution in [0, 0.1) is 0 Å². The Bertz CT molecular complexity index is 963. The Hall–Kier alpha value is -2.21. The Labute approximate surface area is 159 Å². The first-order chi connectivity index (χ1) is 12.8. The van der Waals surface area contributed by atoms with Gasteiger partial charge in [-0.2, -0.15) is 13.5 Å². The van der Waals surface area contributed by atoms with Crippen molar-refractivity contribution in [2.24, 2.45) is 0 Å². The molecule has 10 nitrogen and oxygen atoms in total. The number of halogens is 1. The van der Waals surface area contributed by atoms with Gasteiger partial charge in [0.1, 0.15) is 6.04 Å². The van der Waals surface area contributed by atoms with E-state index in [1.54, 1.807) is 12.1 Å². The molecule has 2 aliphatic heterocycles. The van der Waals surface area contributed by atoms with Crippen LogP contribution in [0.4, 0.5) is 4.79 Å². The van der Waals surface area contributed by atoms with Crippen LogP contribution in [0.15, 0.2) is 28.7 Å². The molecule has 0 saturated carbocycles. The minimum Gasteiger partial charge on any atom is -0.423 e. The van der Waals surface area contributed by atoms with Crippen LogP contribution in [0.25, 0.3) is 0 Å². The van der Waals surface area contributed by atoms with E-state index in [2.05, 4.69) is 14.5 Å². The maximum Gasteiger partial charge on any atom is 0.418 e. The molecule has 2 bridgehead atoms. The number of rotatable bonds is 5. The molecule has 2 aliphatic rings. The molecule has 2 amide bonds. The first-order valence-corrected chi connectivity index (χ1v) is 9.88. The average molecular weight is 415 g/mol. The molecule has 144 valence electrons. The van der Waals surface area contributed by atoms with Crippen molar-refractivity contribution in [1.29, 1.82) is 0 Å². The van der Waals surface area contributed by atoms with Crippen LogP contribution in [0.3, 0.4) is 0 Å². The highest BCUT2D eigenvalue weighted by atomic mass is 35.5. The second kappa shape index (κ2) is 6.75. The van der Waals surface area contributed by atoms with Crippen molar-refractivity contribution in [3.05, 3.63) is 46.6 Å². The topological polar surface area (TPSA) is 126 Å². The van der Waals surface area contributed by atoms with Gasteiger partial charge in [-0.15, -0.1) is 14.5 Å². The van der Waals surface area contributed by atoms with Crippen molar-refractivity contribution >= 4 is 28.0 Å². The van der Waals surface area contributed by atoms with E-state index in [1.165, 1.54) is 4.90 Å². The SMILES string of the molecule is O=C1N2C[C@@H](CC[C@H]2c2nnc(Cc3ccc(Cl)cc3)o2)N1OS(=O)(=O)O. The highest BCUT2D eigenvalue weighted by Crippen LogP contribution is 2.38. The van der Waals surface area contributed by atoms with Crippen molar-refractivity contribution < 1.29 is 26.5 Å². The Kier molecular flexibility index (Phi) is 4.54. The number of fused-ring (bicyclic) bond motifs is 2. The standard InChI is InChI=1S/C15H15ClN4O6S/c16-10-3-1-9(2-4-10)7-13-17-18-14(25-13)12-6-5-11-8-19(12)15(21)20(11)26-27(22,23)24/h1-4,11-12H,5-8H2,(H,22,23,24)/t11-,12+/m1/s1. The first-order valence-electron chi connectivity index (χ1n) is 8.14. The van der Waals surface area contributed by atoms with E-state index in [4.69, 9.17) is 20.6 Å². The van der Waals surface area contributed by atoms with Crippen molar-refractivity contribution in [2.45, 2.75) is 31.3 Å². The molecular formula is C15H15ClN4O6S. The molecule has 2 atom stereocenters. The van der Waals surface area contributed by atoms with Crippen LogP contribution in [0.1, 0.15) is 36.2 Å². The van der Waals surface area contributed by atoms with E-state index < -0.39 is 28.5 Å². The second-order valence-electron chi connectivity index (χ2n) is 6.35. The van der Waals surface area contributed by atoms with Gasteiger partial charge in [-0.25, -0.2) is 4.79 Å². The fraction of sp³-hybridized carbons (Fsp3) is 0.400. The molecule has 12 heteroatoms. The molecule has 27 heavy (non-hydrogen) atoms. The van der Waals surface area contributed by atoms with Gasteiger partial charge in [0.05, 0.1) is 12.5 Å². The summed E-state index contributed by atoms with van der Waals surface area (Å²) in [5.74, 6) is 0.673. The van der Waals surface area contributed by atoms with Crippen molar-refractivity contribution in [2.75, 3.05) is 6.54 Å². The van der Waals surface area contributed by atoms with Crippen LogP contribution in [0.2, 0.25) is 5.02 Å². The van der Waals surface area contributed by atoms with Gasteiger partial charge in [-0.1, -0.05) is 23.7 Å². The number of hydrogen-bond acceptors (Lipinski definition) is 7. The summed E-state index contributed by atoms with van der Waals surface area (Å²) in [6.07, 6.45) is 1.40. The third-order valence-electron chi connectivity index (χ3n) is 4.53. The lowest BCUT2D eigenvalue weighted by molar-refractivity contribution is -0.0317. The van der Waals surface area contributed by atoms with E-state index in [-0.39, 0.29) is 12.4 Å². The summed E-state index contributed by atoms with van der Waals surface area (Å²) in [4.78, 5) is 13.8. The molecule has 0 aliphatic carbocycles. The number of piperidine rings is 1. The zero-order chi connectivity index (χ0) is 19.2. The molecule has 0 spiro atoms. The Balaban J connectivity index is 1.49. The highest BCUT2D eigenvalue weighted by molar-refractivity contribution is 7.80.